The number of thiazole rings is 1. The molecule has 2 aromatic carbocycles. The second kappa shape index (κ2) is 9.82. The second-order valence-corrected chi connectivity index (χ2v) is 7.62. The number of nitrogens with one attached hydrogen (secondary N) is 1. The van der Waals surface area contributed by atoms with Crippen LogP contribution in [0.5, 0.6) is 0 Å². The summed E-state index contributed by atoms with van der Waals surface area (Å²) in [5.74, 6) is -0.776. The van der Waals surface area contributed by atoms with Crippen LogP contribution in [0.15, 0.2) is 46.9 Å². The van der Waals surface area contributed by atoms with E-state index in [4.69, 9.17) is 27.9 Å². The van der Waals surface area contributed by atoms with E-state index in [9.17, 15) is 9.18 Å². The van der Waals surface area contributed by atoms with Crippen LogP contribution in [-0.4, -0.2) is 23.8 Å². The van der Waals surface area contributed by atoms with Gasteiger partial charge in [0.15, 0.2) is 0 Å². The van der Waals surface area contributed by atoms with Crippen molar-refractivity contribution < 1.29 is 13.9 Å². The largest absolute Gasteiger partial charge is 0.466 e. The molecule has 0 bridgehead atoms. The second-order valence-electron chi connectivity index (χ2n) is 5.89. The number of benzene rings is 2. The zero-order valence-electron chi connectivity index (χ0n) is 15.3. The maximum absolute atomic E-state index is 14.4. The molecule has 150 valence electrons. The van der Waals surface area contributed by atoms with Gasteiger partial charge in [0.05, 0.1) is 24.9 Å². The van der Waals surface area contributed by atoms with Crippen molar-refractivity contribution >= 4 is 51.9 Å². The number of hydrogen-bond donors (Lipinski definition) is 1. The Bertz CT molecular complexity index is 1040. The molecule has 0 spiro atoms. The quantitative estimate of drug-likeness (QED) is 0.279. The number of carbonyl (C=O) groups is 1. The highest BCUT2D eigenvalue weighted by Gasteiger charge is 2.08. The SMILES string of the molecule is CCOC(=O)Cc1csc(NN=Cc2ccc(-c3cc(Cl)cc(Cl)c3)cc2F)n1. The average molecular weight is 452 g/mol. The van der Waals surface area contributed by atoms with Crippen LogP contribution in [0.4, 0.5) is 9.52 Å². The van der Waals surface area contributed by atoms with E-state index in [1.807, 2.05) is 0 Å². The number of hydrogen-bond acceptors (Lipinski definition) is 6. The Morgan fingerprint density at radius 1 is 1.24 bits per heavy atom. The molecule has 0 aliphatic heterocycles. The van der Waals surface area contributed by atoms with Crippen molar-refractivity contribution in [2.75, 3.05) is 12.0 Å². The summed E-state index contributed by atoms with van der Waals surface area (Å²) >= 11 is 13.3. The lowest BCUT2D eigenvalue weighted by Crippen LogP contribution is -2.07. The summed E-state index contributed by atoms with van der Waals surface area (Å²) in [6.45, 7) is 2.07. The van der Waals surface area contributed by atoms with E-state index in [1.54, 1.807) is 42.6 Å². The Morgan fingerprint density at radius 2 is 2.00 bits per heavy atom. The minimum atomic E-state index is -0.439. The number of esters is 1. The molecule has 0 saturated heterocycles. The predicted octanol–water partition coefficient (Wildman–Crippen LogP) is 5.81. The lowest BCUT2D eigenvalue weighted by molar-refractivity contribution is -0.142. The molecule has 1 aromatic heterocycles. The maximum atomic E-state index is 14.4. The van der Waals surface area contributed by atoms with Crippen molar-refractivity contribution in [3.8, 4) is 11.1 Å². The molecule has 3 rings (SSSR count). The summed E-state index contributed by atoms with van der Waals surface area (Å²) < 4.78 is 19.3. The molecule has 1 N–H and O–H groups in total. The van der Waals surface area contributed by atoms with Gasteiger partial charge >= 0.3 is 5.97 Å². The first-order valence-electron chi connectivity index (χ1n) is 8.59. The fourth-order valence-corrected chi connectivity index (χ4v) is 3.67. The highest BCUT2D eigenvalue weighted by Crippen LogP contribution is 2.28. The standard InChI is InChI=1S/C20H16Cl2FN3O2S/c1-2-28-19(27)9-17-11-29-20(25-17)26-24-10-13-4-3-12(7-18(13)23)14-5-15(21)8-16(22)6-14/h3-8,10-11H,2,9H2,1H3,(H,25,26). The number of ether oxygens (including phenoxy) is 1. The number of rotatable bonds is 7. The summed E-state index contributed by atoms with van der Waals surface area (Å²) in [5.41, 5.74) is 4.99. The van der Waals surface area contributed by atoms with Crippen LogP contribution in [-0.2, 0) is 16.0 Å². The third kappa shape index (κ3) is 6.00. The summed E-state index contributed by atoms with van der Waals surface area (Å²) in [4.78, 5) is 15.7. The van der Waals surface area contributed by atoms with Crippen molar-refractivity contribution in [1.82, 2.24) is 4.98 Å². The molecule has 0 aliphatic carbocycles. The van der Waals surface area contributed by atoms with Gasteiger partial charge in [-0.15, -0.1) is 11.3 Å². The van der Waals surface area contributed by atoms with Gasteiger partial charge in [0.25, 0.3) is 0 Å². The van der Waals surface area contributed by atoms with Gasteiger partial charge in [0.1, 0.15) is 5.82 Å². The zero-order valence-corrected chi connectivity index (χ0v) is 17.6. The Labute approximate surface area is 181 Å². The molecule has 0 amide bonds. The normalized spacial score (nSPS) is 11.0. The van der Waals surface area contributed by atoms with Crippen LogP contribution in [0.25, 0.3) is 11.1 Å². The number of anilines is 1. The Morgan fingerprint density at radius 3 is 2.69 bits per heavy atom. The fourth-order valence-electron chi connectivity index (χ4n) is 2.49. The first-order valence-corrected chi connectivity index (χ1v) is 10.2. The minimum absolute atomic E-state index is 0.0966. The first kappa shape index (κ1) is 21.2. The highest BCUT2D eigenvalue weighted by molar-refractivity contribution is 7.13. The smallest absolute Gasteiger partial charge is 0.311 e. The van der Waals surface area contributed by atoms with Crippen molar-refractivity contribution in [3.63, 3.8) is 0 Å². The van der Waals surface area contributed by atoms with E-state index in [0.29, 0.717) is 38.6 Å². The van der Waals surface area contributed by atoms with Gasteiger partial charge in [-0.05, 0) is 48.4 Å². The van der Waals surface area contributed by atoms with E-state index < -0.39 is 5.82 Å². The monoisotopic (exact) mass is 451 g/mol. The number of halogens is 3. The first-order chi connectivity index (χ1) is 13.9. The number of carbonyl (C=O) groups excluding carboxylic acids is 1. The van der Waals surface area contributed by atoms with E-state index >= 15 is 0 Å². The molecule has 0 radical (unpaired) electrons. The summed E-state index contributed by atoms with van der Waals surface area (Å²) in [6.07, 6.45) is 1.45. The summed E-state index contributed by atoms with van der Waals surface area (Å²) in [6, 6.07) is 9.81. The molecule has 0 fully saturated rings. The van der Waals surface area contributed by atoms with Crippen LogP contribution in [0, 0.1) is 5.82 Å². The Balaban J connectivity index is 1.65. The van der Waals surface area contributed by atoms with Gasteiger partial charge in [-0.3, -0.25) is 10.2 Å². The average Bonchev–Trinajstić information content (AvgIpc) is 3.09. The maximum Gasteiger partial charge on any atom is 0.311 e. The fraction of sp³-hybridized carbons (Fsp3) is 0.150. The predicted molar refractivity (Wildman–Crippen MR) is 116 cm³/mol. The summed E-state index contributed by atoms with van der Waals surface area (Å²) in [5, 5.41) is 7.20. The lowest BCUT2D eigenvalue weighted by Gasteiger charge is -2.05. The number of aromatic nitrogens is 1. The van der Waals surface area contributed by atoms with E-state index in [2.05, 4.69) is 15.5 Å². The number of hydrazone groups is 1. The molecule has 5 nitrogen and oxygen atoms in total. The third-order valence-corrected chi connectivity index (χ3v) is 4.97. The van der Waals surface area contributed by atoms with E-state index in [0.717, 1.165) is 5.56 Å². The molecular weight excluding hydrogens is 436 g/mol. The van der Waals surface area contributed by atoms with E-state index in [-0.39, 0.29) is 12.4 Å². The van der Waals surface area contributed by atoms with Crippen LogP contribution < -0.4 is 5.43 Å². The number of nitrogens with zero attached hydrogens (tertiary/aromatic N) is 2. The van der Waals surface area contributed by atoms with Crippen LogP contribution in [0.3, 0.4) is 0 Å². The van der Waals surface area contributed by atoms with Gasteiger partial charge in [-0.2, -0.15) is 5.10 Å². The molecule has 1 heterocycles. The third-order valence-electron chi connectivity index (χ3n) is 3.74. The van der Waals surface area contributed by atoms with Crippen LogP contribution >= 0.6 is 34.5 Å². The van der Waals surface area contributed by atoms with Gasteiger partial charge in [0, 0.05) is 21.0 Å². The molecule has 0 atom stereocenters. The van der Waals surface area contributed by atoms with Crippen LogP contribution in [0.2, 0.25) is 10.0 Å². The summed E-state index contributed by atoms with van der Waals surface area (Å²) in [7, 11) is 0. The Hall–Kier alpha value is -2.48. The van der Waals surface area contributed by atoms with Crippen molar-refractivity contribution in [1.29, 1.82) is 0 Å². The molecule has 0 aliphatic rings. The molecule has 0 saturated carbocycles. The molecule has 9 heteroatoms. The highest BCUT2D eigenvalue weighted by atomic mass is 35.5. The van der Waals surface area contributed by atoms with Gasteiger partial charge < -0.3 is 4.74 Å². The van der Waals surface area contributed by atoms with Crippen molar-refractivity contribution in [3.05, 3.63) is 68.9 Å². The Kier molecular flexibility index (Phi) is 7.19. The van der Waals surface area contributed by atoms with Gasteiger partial charge in [-0.1, -0.05) is 29.3 Å². The molecular formula is C20H16Cl2FN3O2S. The molecule has 3 aromatic rings. The van der Waals surface area contributed by atoms with Gasteiger partial charge in [0.2, 0.25) is 5.13 Å². The lowest BCUT2D eigenvalue weighted by atomic mass is 10.0. The van der Waals surface area contributed by atoms with Crippen LogP contribution in [0.1, 0.15) is 18.2 Å². The van der Waals surface area contributed by atoms with Crippen molar-refractivity contribution in [2.24, 2.45) is 5.10 Å². The topological polar surface area (TPSA) is 63.6 Å². The van der Waals surface area contributed by atoms with E-state index in [1.165, 1.54) is 23.6 Å². The van der Waals surface area contributed by atoms with Crippen molar-refractivity contribution in [2.45, 2.75) is 13.3 Å². The molecule has 29 heavy (non-hydrogen) atoms. The minimum Gasteiger partial charge on any atom is -0.466 e. The molecule has 0 unspecified atom stereocenters. The zero-order chi connectivity index (χ0) is 20.8. The van der Waals surface area contributed by atoms with Gasteiger partial charge in [-0.25, -0.2) is 9.37 Å².